The van der Waals surface area contributed by atoms with Gasteiger partial charge in [-0.05, 0) is 20.8 Å². The Bertz CT molecular complexity index is 449. The average Bonchev–Trinajstić information content (AvgIpc) is 2.62. The van der Waals surface area contributed by atoms with E-state index in [0.717, 1.165) is 17.1 Å². The van der Waals surface area contributed by atoms with Crippen molar-refractivity contribution in [1.29, 1.82) is 0 Å². The number of aromatic nitrogens is 2. The molecule has 0 aromatic carbocycles. The normalized spacial score (nSPS) is 14.3. The Morgan fingerprint density at radius 2 is 2.05 bits per heavy atom. The second-order valence-corrected chi connectivity index (χ2v) is 5.01. The summed E-state index contributed by atoms with van der Waals surface area (Å²) in [5.74, 6) is 0. The van der Waals surface area contributed by atoms with Crippen molar-refractivity contribution >= 4 is 6.09 Å². The first-order valence-electron chi connectivity index (χ1n) is 5.50. The fourth-order valence-electron chi connectivity index (χ4n) is 1.20. The minimum absolute atomic E-state index is 0.0457. The van der Waals surface area contributed by atoms with E-state index in [1.807, 2.05) is 0 Å². The van der Waals surface area contributed by atoms with Crippen molar-refractivity contribution in [2.75, 3.05) is 0 Å². The van der Waals surface area contributed by atoms with Crippen LogP contribution in [-0.4, -0.2) is 38.6 Å². The molecule has 108 valence electrons. The predicted molar refractivity (Wildman–Crippen MR) is 59.6 cm³/mol. The molecule has 0 aliphatic carbocycles. The summed E-state index contributed by atoms with van der Waals surface area (Å²) in [5.41, 5.74) is -0.761. The minimum Gasteiger partial charge on any atom is -0.443 e. The zero-order valence-electron chi connectivity index (χ0n) is 10.7. The molecular weight excluding hydrogens is 265 g/mol. The minimum atomic E-state index is -4.71. The van der Waals surface area contributed by atoms with Gasteiger partial charge in [-0.3, -0.25) is 0 Å². The fraction of sp³-hybridized carbons (Fsp3) is 0.636. The molecule has 1 unspecified atom stereocenters. The Hall–Kier alpha value is -1.57. The molecule has 0 amide bonds. The summed E-state index contributed by atoms with van der Waals surface area (Å²) in [4.78, 5) is 15.2. The zero-order valence-corrected chi connectivity index (χ0v) is 10.7. The first kappa shape index (κ1) is 15.5. The predicted octanol–water partition coefficient (Wildman–Crippen LogP) is 2.13. The maximum absolute atomic E-state index is 12.1. The molecule has 8 heteroatoms. The van der Waals surface area contributed by atoms with Crippen molar-refractivity contribution in [3.63, 3.8) is 0 Å². The number of alkyl halides is 3. The highest BCUT2D eigenvalue weighted by Gasteiger charge is 2.38. The monoisotopic (exact) mass is 280 g/mol. The van der Waals surface area contributed by atoms with Crippen LogP contribution in [0.3, 0.4) is 0 Å². The molecule has 5 nitrogen and oxygen atoms in total. The molecule has 19 heavy (non-hydrogen) atoms. The van der Waals surface area contributed by atoms with E-state index >= 15 is 0 Å². The van der Waals surface area contributed by atoms with E-state index in [9.17, 15) is 18.0 Å². The van der Waals surface area contributed by atoms with Crippen LogP contribution in [0.2, 0.25) is 0 Å². The summed E-state index contributed by atoms with van der Waals surface area (Å²) < 4.78 is 42.4. The van der Waals surface area contributed by atoms with Crippen molar-refractivity contribution < 1.29 is 27.8 Å². The first-order chi connectivity index (χ1) is 8.49. The second kappa shape index (κ2) is 5.20. The van der Waals surface area contributed by atoms with Crippen LogP contribution in [0.1, 0.15) is 26.5 Å². The maximum Gasteiger partial charge on any atom is 0.419 e. The lowest BCUT2D eigenvalue weighted by Gasteiger charge is -2.19. The molecule has 0 aliphatic rings. The maximum atomic E-state index is 12.1. The molecular formula is C11H15F3N2O3. The first-order valence-corrected chi connectivity index (χ1v) is 5.50. The van der Waals surface area contributed by atoms with E-state index in [-0.39, 0.29) is 5.69 Å². The fourth-order valence-corrected chi connectivity index (χ4v) is 1.20. The van der Waals surface area contributed by atoms with Crippen LogP contribution in [0.25, 0.3) is 0 Å². The molecule has 1 rings (SSSR count). The molecule has 1 atom stereocenters. The quantitative estimate of drug-likeness (QED) is 0.901. The van der Waals surface area contributed by atoms with Crippen molar-refractivity contribution in [3.8, 4) is 0 Å². The molecule has 0 spiro atoms. The summed E-state index contributed by atoms with van der Waals surface area (Å²) in [6.45, 7) is 4.99. The van der Waals surface area contributed by atoms with Crippen LogP contribution >= 0.6 is 0 Å². The Morgan fingerprint density at radius 3 is 2.53 bits per heavy atom. The zero-order chi connectivity index (χ0) is 14.8. The van der Waals surface area contributed by atoms with E-state index in [4.69, 9.17) is 9.84 Å². The van der Waals surface area contributed by atoms with Crippen LogP contribution < -0.4 is 0 Å². The third-order valence-corrected chi connectivity index (χ3v) is 2.02. The highest BCUT2D eigenvalue weighted by Crippen LogP contribution is 2.22. The van der Waals surface area contributed by atoms with E-state index in [1.165, 1.54) is 0 Å². The molecule has 0 bridgehead atoms. The Labute approximate surface area is 108 Å². The number of aliphatic hydroxyl groups is 1. The lowest BCUT2D eigenvalue weighted by molar-refractivity contribution is -0.203. The third kappa shape index (κ3) is 4.90. The molecule has 0 radical (unpaired) electrons. The van der Waals surface area contributed by atoms with E-state index in [1.54, 1.807) is 20.8 Å². The van der Waals surface area contributed by atoms with Crippen molar-refractivity contribution in [3.05, 3.63) is 18.2 Å². The third-order valence-electron chi connectivity index (χ3n) is 2.02. The number of rotatable bonds is 2. The van der Waals surface area contributed by atoms with Gasteiger partial charge < -0.3 is 9.84 Å². The lowest BCUT2D eigenvalue weighted by atomic mass is 10.2. The standard InChI is InChI=1S/C11H15F3N2O3/c1-10(2,3)19-9(18)16-5-7(15-6-16)4-8(17)11(12,13)14/h5-6,8,17H,4H2,1-3H3. The lowest BCUT2D eigenvalue weighted by Crippen LogP contribution is -2.30. The average molecular weight is 280 g/mol. The van der Waals surface area contributed by atoms with E-state index < -0.39 is 30.4 Å². The van der Waals surface area contributed by atoms with Gasteiger partial charge in [-0.25, -0.2) is 14.3 Å². The summed E-state index contributed by atoms with van der Waals surface area (Å²) in [5, 5.41) is 8.88. The van der Waals surface area contributed by atoms with Crippen molar-refractivity contribution in [2.45, 2.75) is 45.1 Å². The van der Waals surface area contributed by atoms with Gasteiger partial charge in [0.05, 0.1) is 5.69 Å². The molecule has 0 fully saturated rings. The Kier molecular flexibility index (Phi) is 4.24. The Morgan fingerprint density at radius 1 is 1.47 bits per heavy atom. The highest BCUT2D eigenvalue weighted by molar-refractivity contribution is 5.70. The van der Waals surface area contributed by atoms with Crippen LogP contribution in [0.15, 0.2) is 12.5 Å². The van der Waals surface area contributed by atoms with Gasteiger partial charge in [-0.1, -0.05) is 0 Å². The molecule has 1 heterocycles. The van der Waals surface area contributed by atoms with Crippen LogP contribution in [0.5, 0.6) is 0 Å². The Balaban J connectivity index is 2.70. The summed E-state index contributed by atoms with van der Waals surface area (Å²) in [7, 11) is 0. The van der Waals surface area contributed by atoms with E-state index in [0.29, 0.717) is 0 Å². The summed E-state index contributed by atoms with van der Waals surface area (Å²) in [6, 6.07) is 0. The van der Waals surface area contributed by atoms with Gasteiger partial charge >= 0.3 is 12.3 Å². The molecule has 1 N–H and O–H groups in total. The van der Waals surface area contributed by atoms with Gasteiger partial charge in [-0.2, -0.15) is 13.2 Å². The van der Waals surface area contributed by atoms with Gasteiger partial charge in [0.15, 0.2) is 6.10 Å². The SMILES string of the molecule is CC(C)(C)OC(=O)n1cnc(CC(O)C(F)(F)F)c1. The van der Waals surface area contributed by atoms with Gasteiger partial charge in [0, 0.05) is 12.6 Å². The number of hydrogen-bond acceptors (Lipinski definition) is 4. The molecule has 1 aromatic rings. The highest BCUT2D eigenvalue weighted by atomic mass is 19.4. The van der Waals surface area contributed by atoms with E-state index in [2.05, 4.69) is 4.98 Å². The smallest absolute Gasteiger partial charge is 0.419 e. The van der Waals surface area contributed by atoms with Crippen LogP contribution in [0.4, 0.5) is 18.0 Å². The number of ether oxygens (including phenoxy) is 1. The van der Waals surface area contributed by atoms with Gasteiger partial charge in [0.1, 0.15) is 11.9 Å². The molecule has 0 saturated heterocycles. The number of aliphatic hydroxyl groups excluding tert-OH is 1. The topological polar surface area (TPSA) is 64.4 Å². The second-order valence-electron chi connectivity index (χ2n) is 5.01. The van der Waals surface area contributed by atoms with Crippen LogP contribution in [-0.2, 0) is 11.2 Å². The molecule has 1 aromatic heterocycles. The number of carbonyl (C=O) groups excluding carboxylic acids is 1. The molecule has 0 saturated carbocycles. The van der Waals surface area contributed by atoms with Gasteiger partial charge in [0.25, 0.3) is 0 Å². The number of carbonyl (C=O) groups is 1. The van der Waals surface area contributed by atoms with Gasteiger partial charge in [0.2, 0.25) is 0 Å². The summed E-state index contributed by atoms with van der Waals surface area (Å²) in [6.07, 6.45) is -6.52. The summed E-state index contributed by atoms with van der Waals surface area (Å²) >= 11 is 0. The van der Waals surface area contributed by atoms with Crippen molar-refractivity contribution in [1.82, 2.24) is 9.55 Å². The number of hydrogen-bond donors (Lipinski definition) is 1. The number of nitrogens with zero attached hydrogens (tertiary/aromatic N) is 2. The number of imidazole rings is 1. The van der Waals surface area contributed by atoms with Crippen LogP contribution in [0, 0.1) is 0 Å². The molecule has 0 aliphatic heterocycles. The number of halogens is 3. The largest absolute Gasteiger partial charge is 0.443 e. The van der Waals surface area contributed by atoms with Gasteiger partial charge in [-0.15, -0.1) is 0 Å². The van der Waals surface area contributed by atoms with Crippen molar-refractivity contribution in [2.24, 2.45) is 0 Å².